The summed E-state index contributed by atoms with van der Waals surface area (Å²) in [4.78, 5) is 0.285. The van der Waals surface area contributed by atoms with Crippen LogP contribution in [0.4, 0.5) is 0 Å². The molecule has 1 heterocycles. The van der Waals surface area contributed by atoms with Crippen LogP contribution in [0.1, 0.15) is 30.7 Å². The number of aromatic nitrogens is 2. The van der Waals surface area contributed by atoms with Gasteiger partial charge in [-0.25, -0.2) is 13.1 Å². The standard InChI is InChI=1S/C11H20N4O2S/c1-8-11(10(7-12-2)15-14-8)18(16,17)13-6-5-9-3-4-9/h9,12-13H,3-7H2,1-2H3,(H,14,15). The lowest BCUT2D eigenvalue weighted by Gasteiger charge is -2.07. The molecular weight excluding hydrogens is 252 g/mol. The zero-order chi connectivity index (χ0) is 13.2. The van der Waals surface area contributed by atoms with Crippen molar-refractivity contribution in [2.45, 2.75) is 37.6 Å². The number of hydrogen-bond donors (Lipinski definition) is 3. The van der Waals surface area contributed by atoms with Gasteiger partial charge in [0.15, 0.2) is 0 Å². The molecule has 1 aliphatic carbocycles. The summed E-state index contributed by atoms with van der Waals surface area (Å²) in [5.41, 5.74) is 1.12. The number of aromatic amines is 1. The van der Waals surface area contributed by atoms with Crippen LogP contribution in [0.3, 0.4) is 0 Å². The van der Waals surface area contributed by atoms with E-state index >= 15 is 0 Å². The largest absolute Gasteiger partial charge is 0.314 e. The molecule has 0 aromatic carbocycles. The molecule has 0 radical (unpaired) electrons. The third-order valence-electron chi connectivity index (χ3n) is 3.12. The third-order valence-corrected chi connectivity index (χ3v) is 4.78. The van der Waals surface area contributed by atoms with Crippen LogP contribution in [0.2, 0.25) is 0 Å². The number of rotatable bonds is 7. The molecule has 0 saturated heterocycles. The molecule has 0 bridgehead atoms. The summed E-state index contributed by atoms with van der Waals surface area (Å²) in [5.74, 6) is 0.718. The number of nitrogens with zero attached hydrogens (tertiary/aromatic N) is 1. The molecule has 1 aliphatic rings. The van der Waals surface area contributed by atoms with Crippen LogP contribution in [-0.4, -0.2) is 32.2 Å². The Hall–Kier alpha value is -0.920. The molecule has 1 aromatic rings. The number of hydrogen-bond acceptors (Lipinski definition) is 4. The molecule has 18 heavy (non-hydrogen) atoms. The Morgan fingerprint density at radius 3 is 2.78 bits per heavy atom. The molecule has 0 aliphatic heterocycles. The third kappa shape index (κ3) is 3.09. The Labute approximate surface area is 108 Å². The quantitative estimate of drug-likeness (QED) is 0.675. The Balaban J connectivity index is 2.09. The summed E-state index contributed by atoms with van der Waals surface area (Å²) in [7, 11) is -1.69. The highest BCUT2D eigenvalue weighted by Crippen LogP contribution is 2.31. The second-order valence-corrected chi connectivity index (χ2v) is 6.49. The van der Waals surface area contributed by atoms with E-state index in [1.54, 1.807) is 14.0 Å². The van der Waals surface area contributed by atoms with E-state index in [2.05, 4.69) is 20.2 Å². The number of nitrogens with one attached hydrogen (secondary N) is 3. The average molecular weight is 272 g/mol. The zero-order valence-electron chi connectivity index (χ0n) is 10.8. The molecule has 0 unspecified atom stereocenters. The van der Waals surface area contributed by atoms with E-state index in [-0.39, 0.29) is 4.90 Å². The fraction of sp³-hybridized carbons (Fsp3) is 0.727. The Morgan fingerprint density at radius 1 is 1.44 bits per heavy atom. The van der Waals surface area contributed by atoms with Crippen LogP contribution in [-0.2, 0) is 16.6 Å². The van der Waals surface area contributed by atoms with E-state index in [0.717, 1.165) is 12.3 Å². The minimum atomic E-state index is -3.45. The summed E-state index contributed by atoms with van der Waals surface area (Å²) < 4.78 is 27.1. The van der Waals surface area contributed by atoms with Gasteiger partial charge in [0, 0.05) is 13.1 Å². The summed E-state index contributed by atoms with van der Waals surface area (Å²) >= 11 is 0. The van der Waals surface area contributed by atoms with Crippen LogP contribution in [0.15, 0.2) is 4.90 Å². The van der Waals surface area contributed by atoms with Gasteiger partial charge in [0.2, 0.25) is 10.0 Å². The van der Waals surface area contributed by atoms with Crippen molar-refractivity contribution in [2.75, 3.05) is 13.6 Å². The highest BCUT2D eigenvalue weighted by atomic mass is 32.2. The molecular formula is C11H20N4O2S. The predicted octanol–water partition coefficient (Wildman–Crippen LogP) is 0.516. The van der Waals surface area contributed by atoms with E-state index in [4.69, 9.17) is 0 Å². The van der Waals surface area contributed by atoms with Crippen molar-refractivity contribution in [1.29, 1.82) is 0 Å². The number of aryl methyl sites for hydroxylation is 1. The van der Waals surface area contributed by atoms with Gasteiger partial charge in [0.25, 0.3) is 0 Å². The molecule has 2 rings (SSSR count). The lowest BCUT2D eigenvalue weighted by Crippen LogP contribution is -2.27. The van der Waals surface area contributed by atoms with E-state index in [1.165, 1.54) is 12.8 Å². The fourth-order valence-corrected chi connectivity index (χ4v) is 3.40. The molecule has 102 valence electrons. The summed E-state index contributed by atoms with van der Waals surface area (Å²) in [6.07, 6.45) is 3.40. The summed E-state index contributed by atoms with van der Waals surface area (Å²) in [6, 6.07) is 0. The van der Waals surface area contributed by atoms with Gasteiger partial charge < -0.3 is 5.32 Å². The SMILES string of the molecule is CNCc1n[nH]c(C)c1S(=O)(=O)NCCC1CC1. The van der Waals surface area contributed by atoms with E-state index in [0.29, 0.717) is 24.5 Å². The maximum Gasteiger partial charge on any atom is 0.244 e. The van der Waals surface area contributed by atoms with Crippen LogP contribution < -0.4 is 10.0 Å². The van der Waals surface area contributed by atoms with Crippen LogP contribution in [0, 0.1) is 12.8 Å². The number of sulfonamides is 1. The van der Waals surface area contributed by atoms with Crippen molar-refractivity contribution in [3.8, 4) is 0 Å². The van der Waals surface area contributed by atoms with Gasteiger partial charge in [-0.1, -0.05) is 12.8 Å². The van der Waals surface area contributed by atoms with Gasteiger partial charge in [0.1, 0.15) is 4.90 Å². The lowest BCUT2D eigenvalue weighted by atomic mass is 10.3. The van der Waals surface area contributed by atoms with Gasteiger partial charge in [-0.05, 0) is 26.3 Å². The second kappa shape index (κ2) is 5.38. The summed E-state index contributed by atoms with van der Waals surface area (Å²) in [6.45, 7) is 2.67. The summed E-state index contributed by atoms with van der Waals surface area (Å²) in [5, 5.41) is 9.67. The Bertz CT molecular complexity index is 505. The smallest absolute Gasteiger partial charge is 0.244 e. The first-order valence-electron chi connectivity index (χ1n) is 6.22. The lowest BCUT2D eigenvalue weighted by molar-refractivity contribution is 0.573. The molecule has 0 spiro atoms. The highest BCUT2D eigenvalue weighted by Gasteiger charge is 2.25. The van der Waals surface area contributed by atoms with Crippen molar-refractivity contribution >= 4 is 10.0 Å². The van der Waals surface area contributed by atoms with Crippen molar-refractivity contribution in [1.82, 2.24) is 20.2 Å². The first-order chi connectivity index (χ1) is 8.54. The van der Waals surface area contributed by atoms with E-state index in [1.807, 2.05) is 0 Å². The van der Waals surface area contributed by atoms with Crippen molar-refractivity contribution in [3.63, 3.8) is 0 Å². The van der Waals surface area contributed by atoms with E-state index in [9.17, 15) is 8.42 Å². The maximum atomic E-state index is 12.2. The maximum absolute atomic E-state index is 12.2. The minimum Gasteiger partial charge on any atom is -0.314 e. The molecule has 1 aromatic heterocycles. The molecule has 6 nitrogen and oxygen atoms in total. The number of H-pyrrole nitrogens is 1. The van der Waals surface area contributed by atoms with Crippen molar-refractivity contribution in [2.24, 2.45) is 5.92 Å². The highest BCUT2D eigenvalue weighted by molar-refractivity contribution is 7.89. The van der Waals surface area contributed by atoms with E-state index < -0.39 is 10.0 Å². The molecule has 1 fully saturated rings. The first-order valence-corrected chi connectivity index (χ1v) is 7.71. The second-order valence-electron chi connectivity index (χ2n) is 4.78. The predicted molar refractivity (Wildman–Crippen MR) is 68.6 cm³/mol. The molecule has 0 amide bonds. The van der Waals surface area contributed by atoms with Gasteiger partial charge in [-0.3, -0.25) is 5.10 Å². The molecule has 7 heteroatoms. The average Bonchev–Trinajstić information content (AvgIpc) is 3.03. The van der Waals surface area contributed by atoms with Crippen molar-refractivity contribution < 1.29 is 8.42 Å². The van der Waals surface area contributed by atoms with Crippen LogP contribution in [0.25, 0.3) is 0 Å². The minimum absolute atomic E-state index is 0.285. The monoisotopic (exact) mass is 272 g/mol. The Kier molecular flexibility index (Phi) is 4.04. The molecule has 1 saturated carbocycles. The van der Waals surface area contributed by atoms with Crippen LogP contribution in [0.5, 0.6) is 0 Å². The van der Waals surface area contributed by atoms with Gasteiger partial charge >= 0.3 is 0 Å². The van der Waals surface area contributed by atoms with Crippen molar-refractivity contribution in [3.05, 3.63) is 11.4 Å². The van der Waals surface area contributed by atoms with Gasteiger partial charge in [0.05, 0.1) is 11.4 Å². The van der Waals surface area contributed by atoms with Gasteiger partial charge in [-0.2, -0.15) is 5.10 Å². The van der Waals surface area contributed by atoms with Gasteiger partial charge in [-0.15, -0.1) is 0 Å². The molecule has 0 atom stereocenters. The fourth-order valence-electron chi connectivity index (χ4n) is 1.99. The topological polar surface area (TPSA) is 86.9 Å². The zero-order valence-corrected chi connectivity index (χ0v) is 11.6. The molecule has 3 N–H and O–H groups in total. The first kappa shape index (κ1) is 13.5. The van der Waals surface area contributed by atoms with Crippen LogP contribution >= 0.6 is 0 Å². The normalized spacial score (nSPS) is 16.1. The Morgan fingerprint density at radius 2 is 2.17 bits per heavy atom.